The van der Waals surface area contributed by atoms with Gasteiger partial charge in [-0.3, -0.25) is 14.6 Å². The topological polar surface area (TPSA) is 96.1 Å². The van der Waals surface area contributed by atoms with Crippen LogP contribution in [0.15, 0.2) is 36.4 Å². The van der Waals surface area contributed by atoms with Crippen LogP contribution in [0.5, 0.6) is 5.75 Å². The molecule has 0 saturated carbocycles. The molecule has 2 aliphatic rings. The highest BCUT2D eigenvalue weighted by Gasteiger charge is 2.31. The van der Waals surface area contributed by atoms with Gasteiger partial charge < -0.3 is 14.7 Å². The number of aromatic hydroxyl groups is 1. The van der Waals surface area contributed by atoms with Crippen molar-refractivity contribution in [1.82, 2.24) is 9.91 Å². The fourth-order valence-corrected chi connectivity index (χ4v) is 4.00. The number of phenolic OH excluding ortho intramolecular Hbond substituents is 1. The number of hydrogen-bond donors (Lipinski definition) is 2. The zero-order valence-corrected chi connectivity index (χ0v) is 16.4. The molecule has 1 aliphatic heterocycles. The van der Waals surface area contributed by atoms with E-state index in [2.05, 4.69) is 0 Å². The largest absolute Gasteiger partial charge is 0.507 e. The summed E-state index contributed by atoms with van der Waals surface area (Å²) in [6.45, 7) is 2.33. The molecule has 1 heterocycles. The molecule has 150 valence electrons. The van der Waals surface area contributed by atoms with Crippen molar-refractivity contribution < 1.29 is 19.4 Å². The van der Waals surface area contributed by atoms with E-state index in [1.807, 2.05) is 26.0 Å². The van der Waals surface area contributed by atoms with E-state index < -0.39 is 5.91 Å². The zero-order valence-electron chi connectivity index (χ0n) is 16.4. The van der Waals surface area contributed by atoms with Crippen LogP contribution in [0.4, 0.5) is 0 Å². The molecule has 0 spiro atoms. The Labute approximate surface area is 170 Å². The Bertz CT molecular complexity index is 959. The number of ether oxygens (including phenoxy) is 1. The number of rotatable bonds is 3. The van der Waals surface area contributed by atoms with Crippen LogP contribution in [0.1, 0.15) is 31.8 Å². The van der Waals surface area contributed by atoms with Crippen LogP contribution in [0.25, 0.3) is 0 Å². The van der Waals surface area contributed by atoms with Crippen molar-refractivity contribution in [2.24, 2.45) is 5.84 Å². The second-order valence-electron chi connectivity index (χ2n) is 7.68. The van der Waals surface area contributed by atoms with Crippen LogP contribution in [0, 0.1) is 0 Å². The Morgan fingerprint density at radius 2 is 1.83 bits per heavy atom. The van der Waals surface area contributed by atoms with E-state index in [0.29, 0.717) is 44.7 Å². The van der Waals surface area contributed by atoms with Gasteiger partial charge in [-0.05, 0) is 42.2 Å². The fourth-order valence-electron chi connectivity index (χ4n) is 4.00. The summed E-state index contributed by atoms with van der Waals surface area (Å²) in [6, 6.07) is 10.4. The molecule has 2 aromatic rings. The van der Waals surface area contributed by atoms with Crippen molar-refractivity contribution in [3.63, 3.8) is 0 Å². The number of hydrazine groups is 1. The number of benzene rings is 2. The zero-order chi connectivity index (χ0) is 20.5. The van der Waals surface area contributed by atoms with Gasteiger partial charge in [-0.25, -0.2) is 5.84 Å². The van der Waals surface area contributed by atoms with Crippen molar-refractivity contribution in [1.29, 1.82) is 0 Å². The van der Waals surface area contributed by atoms with E-state index in [4.69, 9.17) is 10.6 Å². The van der Waals surface area contributed by atoms with Gasteiger partial charge in [-0.2, -0.15) is 0 Å². The minimum Gasteiger partial charge on any atom is -0.507 e. The summed E-state index contributed by atoms with van der Waals surface area (Å²) in [5.74, 6) is 5.67. The van der Waals surface area contributed by atoms with E-state index in [-0.39, 0.29) is 23.3 Å². The SMILES string of the molecule is Bc1ccc(O)c(C(=O)N(N)C2Cc3ccc(C(=O)N4CCOCC4)cc3C2)c1. The summed E-state index contributed by atoms with van der Waals surface area (Å²) < 4.78 is 5.31. The van der Waals surface area contributed by atoms with E-state index in [1.165, 1.54) is 11.1 Å². The number of amides is 2. The predicted octanol–water partition coefficient (Wildman–Crippen LogP) is -0.394. The Morgan fingerprint density at radius 1 is 1.10 bits per heavy atom. The minimum absolute atomic E-state index is 0.00455. The number of fused-ring (bicyclic) bond motifs is 1. The van der Waals surface area contributed by atoms with Gasteiger partial charge in [0.25, 0.3) is 11.8 Å². The maximum atomic E-state index is 12.8. The van der Waals surface area contributed by atoms with Gasteiger partial charge >= 0.3 is 0 Å². The van der Waals surface area contributed by atoms with Crippen molar-refractivity contribution in [2.45, 2.75) is 18.9 Å². The molecule has 0 aromatic heterocycles. The quantitative estimate of drug-likeness (QED) is 0.321. The molecule has 4 rings (SSSR count). The molecule has 0 bridgehead atoms. The number of nitrogens with zero attached hydrogens (tertiary/aromatic N) is 2. The highest BCUT2D eigenvalue weighted by atomic mass is 16.5. The first-order chi connectivity index (χ1) is 13.9. The lowest BCUT2D eigenvalue weighted by Crippen LogP contribution is -2.46. The molecule has 3 N–H and O–H groups in total. The maximum Gasteiger partial charge on any atom is 0.271 e. The second-order valence-corrected chi connectivity index (χ2v) is 7.68. The van der Waals surface area contributed by atoms with E-state index in [1.54, 1.807) is 17.0 Å². The maximum absolute atomic E-state index is 12.8. The Kier molecular flexibility index (Phi) is 5.30. The molecule has 2 aromatic carbocycles. The lowest BCUT2D eigenvalue weighted by atomic mass is 9.93. The van der Waals surface area contributed by atoms with Gasteiger partial charge in [0.1, 0.15) is 13.6 Å². The van der Waals surface area contributed by atoms with Gasteiger partial charge in [0, 0.05) is 18.7 Å². The van der Waals surface area contributed by atoms with Crippen LogP contribution in [-0.4, -0.2) is 67.0 Å². The van der Waals surface area contributed by atoms with Crippen LogP contribution >= 0.6 is 0 Å². The average molecular weight is 393 g/mol. The fraction of sp³-hybridized carbons (Fsp3) is 0.333. The van der Waals surface area contributed by atoms with Gasteiger partial charge in [0.05, 0.1) is 24.8 Å². The minimum atomic E-state index is -0.409. The Balaban J connectivity index is 1.49. The molecule has 0 radical (unpaired) electrons. The first kappa shape index (κ1) is 19.5. The van der Waals surface area contributed by atoms with E-state index in [9.17, 15) is 14.7 Å². The third-order valence-corrected chi connectivity index (χ3v) is 5.67. The summed E-state index contributed by atoms with van der Waals surface area (Å²) in [5.41, 5.74) is 3.85. The number of morpholine rings is 1. The molecule has 1 atom stereocenters. The smallest absolute Gasteiger partial charge is 0.271 e. The number of hydrogen-bond acceptors (Lipinski definition) is 5. The van der Waals surface area contributed by atoms with Crippen molar-refractivity contribution >= 4 is 25.1 Å². The van der Waals surface area contributed by atoms with E-state index >= 15 is 0 Å². The van der Waals surface area contributed by atoms with Crippen LogP contribution in [0.2, 0.25) is 0 Å². The highest BCUT2D eigenvalue weighted by Crippen LogP contribution is 2.28. The molecular formula is C21H24BN3O4. The summed E-state index contributed by atoms with van der Waals surface area (Å²) in [4.78, 5) is 27.3. The molecule has 29 heavy (non-hydrogen) atoms. The van der Waals surface area contributed by atoms with Crippen LogP contribution in [0.3, 0.4) is 0 Å². The molecule has 1 aliphatic carbocycles. The summed E-state index contributed by atoms with van der Waals surface area (Å²) >= 11 is 0. The molecule has 1 saturated heterocycles. The van der Waals surface area contributed by atoms with Crippen molar-refractivity contribution in [3.8, 4) is 5.75 Å². The molecule has 1 unspecified atom stereocenters. The third-order valence-electron chi connectivity index (χ3n) is 5.67. The normalized spacial score (nSPS) is 18.4. The molecule has 7 nitrogen and oxygen atoms in total. The molecule has 2 amide bonds. The first-order valence-electron chi connectivity index (χ1n) is 9.80. The first-order valence-corrected chi connectivity index (χ1v) is 9.80. The highest BCUT2D eigenvalue weighted by molar-refractivity contribution is 6.32. The molecule has 8 heteroatoms. The monoisotopic (exact) mass is 393 g/mol. The lowest BCUT2D eigenvalue weighted by Gasteiger charge is -2.27. The molecular weight excluding hydrogens is 369 g/mol. The number of phenols is 1. The van der Waals surface area contributed by atoms with Gasteiger partial charge in [-0.15, -0.1) is 0 Å². The second kappa shape index (κ2) is 7.89. The number of carbonyl (C=O) groups is 2. The van der Waals surface area contributed by atoms with Crippen molar-refractivity contribution in [3.05, 3.63) is 58.7 Å². The molecule has 1 fully saturated rings. The number of carbonyl (C=O) groups excluding carboxylic acids is 2. The average Bonchev–Trinajstić information content (AvgIpc) is 3.18. The van der Waals surface area contributed by atoms with Gasteiger partial charge in [0.2, 0.25) is 0 Å². The predicted molar refractivity (Wildman–Crippen MR) is 111 cm³/mol. The third kappa shape index (κ3) is 3.86. The lowest BCUT2D eigenvalue weighted by molar-refractivity contribution is 0.0303. The van der Waals surface area contributed by atoms with Crippen molar-refractivity contribution in [2.75, 3.05) is 26.3 Å². The number of nitrogens with two attached hydrogens (primary N) is 1. The van der Waals surface area contributed by atoms with Crippen LogP contribution in [-0.2, 0) is 17.6 Å². The Morgan fingerprint density at radius 3 is 2.59 bits per heavy atom. The van der Waals surface area contributed by atoms with Gasteiger partial charge in [0.15, 0.2) is 0 Å². The van der Waals surface area contributed by atoms with Gasteiger partial charge in [-0.1, -0.05) is 23.7 Å². The summed E-state index contributed by atoms with van der Waals surface area (Å²) in [5, 5.41) is 11.2. The van der Waals surface area contributed by atoms with Crippen LogP contribution < -0.4 is 11.3 Å². The standard InChI is InChI=1S/C21H24BN3O4/c22-16-3-4-19(26)18(12-16)21(28)25(23)17-10-13-1-2-14(9-15(13)11-17)20(27)24-5-7-29-8-6-24/h1-4,9,12,17,26H,5-8,10-11,22-23H2. The van der Waals surface area contributed by atoms with E-state index in [0.717, 1.165) is 16.6 Å². The summed E-state index contributed by atoms with van der Waals surface area (Å²) in [7, 11) is 1.86. The Hall–Kier alpha value is -2.84. The summed E-state index contributed by atoms with van der Waals surface area (Å²) in [6.07, 6.45) is 1.20.